The Labute approximate surface area is 92.6 Å². The molecule has 2 N–H and O–H groups in total. The number of carbonyl (C=O) groups excluding carboxylic acids is 1. The molecule has 0 radical (unpaired) electrons. The van der Waals surface area contributed by atoms with Gasteiger partial charge in [0.15, 0.2) is 5.69 Å². The molecule has 0 saturated heterocycles. The summed E-state index contributed by atoms with van der Waals surface area (Å²) < 4.78 is 4.85. The second-order valence-electron chi connectivity index (χ2n) is 3.30. The molecular formula is C10H14N2O4. The summed E-state index contributed by atoms with van der Waals surface area (Å²) in [6.45, 7) is 3.55. The molecule has 1 amide bonds. The Morgan fingerprint density at radius 2 is 2.25 bits per heavy atom. The predicted molar refractivity (Wildman–Crippen MR) is 55.1 cm³/mol. The van der Waals surface area contributed by atoms with Crippen LogP contribution in [0.3, 0.4) is 0 Å². The highest BCUT2D eigenvalue weighted by atomic mass is 16.5. The van der Waals surface area contributed by atoms with Crippen LogP contribution in [0.5, 0.6) is 0 Å². The highest BCUT2D eigenvalue weighted by Gasteiger charge is 2.20. The average Bonchev–Trinajstić information content (AvgIpc) is 2.73. The molecule has 0 aliphatic rings. The molecule has 1 rings (SSSR count). The summed E-state index contributed by atoms with van der Waals surface area (Å²) in [6.07, 6.45) is 0.954. The van der Waals surface area contributed by atoms with Gasteiger partial charge in [0.2, 0.25) is 0 Å². The third-order valence-corrected chi connectivity index (χ3v) is 2.15. The van der Waals surface area contributed by atoms with Crippen LogP contribution in [0.2, 0.25) is 0 Å². The van der Waals surface area contributed by atoms with Crippen molar-refractivity contribution < 1.29 is 19.2 Å². The van der Waals surface area contributed by atoms with Gasteiger partial charge in [-0.2, -0.15) is 0 Å². The zero-order valence-corrected chi connectivity index (χ0v) is 9.19. The van der Waals surface area contributed by atoms with E-state index in [-0.39, 0.29) is 5.69 Å². The first-order valence-electron chi connectivity index (χ1n) is 5.07. The lowest BCUT2D eigenvalue weighted by Crippen LogP contribution is -2.40. The van der Waals surface area contributed by atoms with Crippen molar-refractivity contribution in [2.75, 3.05) is 0 Å². The second-order valence-corrected chi connectivity index (χ2v) is 3.30. The van der Waals surface area contributed by atoms with Crippen molar-refractivity contribution in [2.45, 2.75) is 32.7 Å². The Bertz CT molecular complexity index is 386. The smallest absolute Gasteiger partial charge is 0.326 e. The highest BCUT2D eigenvalue weighted by molar-refractivity contribution is 5.94. The molecule has 0 aliphatic carbocycles. The van der Waals surface area contributed by atoms with Crippen molar-refractivity contribution in [2.24, 2.45) is 0 Å². The van der Waals surface area contributed by atoms with Gasteiger partial charge in [-0.3, -0.25) is 4.79 Å². The standard InChI is InChI=1S/C10H14N2O4/c1-3-6-5-8(12-16-6)9(13)11-7(4-2)10(14)15/h5,7H,3-4H2,1-2H3,(H,11,13)(H,14,15). The molecule has 0 aromatic carbocycles. The minimum absolute atomic E-state index is 0.108. The number of amides is 1. The van der Waals surface area contributed by atoms with Crippen LogP contribution in [0.1, 0.15) is 36.5 Å². The number of nitrogens with one attached hydrogen (secondary N) is 1. The van der Waals surface area contributed by atoms with Gasteiger partial charge in [-0.25, -0.2) is 4.79 Å². The number of carboxylic acid groups (broad SMARTS) is 1. The minimum Gasteiger partial charge on any atom is -0.480 e. The van der Waals surface area contributed by atoms with Crippen molar-refractivity contribution >= 4 is 11.9 Å². The van der Waals surface area contributed by atoms with Gasteiger partial charge in [-0.05, 0) is 6.42 Å². The molecule has 6 heteroatoms. The second kappa shape index (κ2) is 5.29. The SMILES string of the molecule is CCc1cc(C(=O)NC(CC)C(=O)O)no1. The van der Waals surface area contributed by atoms with Gasteiger partial charge < -0.3 is 14.9 Å². The van der Waals surface area contributed by atoms with E-state index >= 15 is 0 Å². The van der Waals surface area contributed by atoms with Crippen LogP contribution in [-0.4, -0.2) is 28.2 Å². The molecule has 0 saturated carbocycles. The normalized spacial score (nSPS) is 12.1. The molecule has 0 bridgehead atoms. The fourth-order valence-electron chi connectivity index (χ4n) is 1.16. The maximum Gasteiger partial charge on any atom is 0.326 e. The summed E-state index contributed by atoms with van der Waals surface area (Å²) in [5.74, 6) is -0.999. The topological polar surface area (TPSA) is 92.4 Å². The number of hydrogen-bond acceptors (Lipinski definition) is 4. The predicted octanol–water partition coefficient (Wildman–Crippen LogP) is 0.830. The van der Waals surface area contributed by atoms with E-state index in [9.17, 15) is 9.59 Å². The molecule has 16 heavy (non-hydrogen) atoms. The Kier molecular flexibility index (Phi) is 4.04. The molecule has 0 spiro atoms. The monoisotopic (exact) mass is 226 g/mol. The number of rotatable bonds is 5. The number of aromatic nitrogens is 1. The summed E-state index contributed by atoms with van der Waals surface area (Å²) in [5, 5.41) is 14.7. The van der Waals surface area contributed by atoms with Crippen LogP contribution in [0, 0.1) is 0 Å². The van der Waals surface area contributed by atoms with Gasteiger partial charge in [-0.1, -0.05) is 19.0 Å². The van der Waals surface area contributed by atoms with E-state index in [2.05, 4.69) is 10.5 Å². The maximum absolute atomic E-state index is 11.6. The Balaban J connectivity index is 2.67. The number of aliphatic carboxylic acids is 1. The van der Waals surface area contributed by atoms with Crippen LogP contribution in [0.15, 0.2) is 10.6 Å². The molecule has 1 aromatic heterocycles. The van der Waals surface area contributed by atoms with Gasteiger partial charge in [0, 0.05) is 12.5 Å². The van der Waals surface area contributed by atoms with Crippen molar-refractivity contribution in [3.05, 3.63) is 17.5 Å². The lowest BCUT2D eigenvalue weighted by atomic mass is 10.2. The van der Waals surface area contributed by atoms with Crippen LogP contribution in [0.25, 0.3) is 0 Å². The third kappa shape index (κ3) is 2.82. The molecule has 88 valence electrons. The number of hydrogen-bond donors (Lipinski definition) is 2. The van der Waals surface area contributed by atoms with Crippen molar-refractivity contribution in [1.29, 1.82) is 0 Å². The van der Waals surface area contributed by atoms with E-state index in [1.165, 1.54) is 6.07 Å². The van der Waals surface area contributed by atoms with E-state index in [0.717, 1.165) is 0 Å². The Morgan fingerprint density at radius 1 is 1.56 bits per heavy atom. The van der Waals surface area contributed by atoms with Crippen LogP contribution in [0.4, 0.5) is 0 Å². The summed E-state index contributed by atoms with van der Waals surface area (Å²) in [7, 11) is 0. The third-order valence-electron chi connectivity index (χ3n) is 2.15. The molecule has 1 atom stereocenters. The number of nitrogens with zero attached hydrogens (tertiary/aromatic N) is 1. The van der Waals surface area contributed by atoms with E-state index in [4.69, 9.17) is 9.63 Å². The lowest BCUT2D eigenvalue weighted by Gasteiger charge is -2.10. The first kappa shape index (κ1) is 12.2. The van der Waals surface area contributed by atoms with Crippen molar-refractivity contribution in [3.63, 3.8) is 0 Å². The number of carboxylic acids is 1. The molecule has 0 fully saturated rings. The van der Waals surface area contributed by atoms with Gasteiger partial charge >= 0.3 is 5.97 Å². The minimum atomic E-state index is -1.06. The zero-order valence-electron chi connectivity index (χ0n) is 9.19. The van der Waals surface area contributed by atoms with E-state index in [1.54, 1.807) is 6.92 Å². The maximum atomic E-state index is 11.6. The van der Waals surface area contributed by atoms with Crippen LogP contribution in [-0.2, 0) is 11.2 Å². The van der Waals surface area contributed by atoms with Crippen LogP contribution >= 0.6 is 0 Å². The van der Waals surface area contributed by atoms with Gasteiger partial charge in [0.25, 0.3) is 5.91 Å². The summed E-state index contributed by atoms with van der Waals surface area (Å²) in [4.78, 5) is 22.3. The van der Waals surface area contributed by atoms with Gasteiger partial charge in [0.05, 0.1) is 0 Å². The number of aryl methyl sites for hydroxylation is 1. The molecule has 6 nitrogen and oxygen atoms in total. The van der Waals surface area contributed by atoms with E-state index in [0.29, 0.717) is 18.6 Å². The molecule has 1 unspecified atom stereocenters. The van der Waals surface area contributed by atoms with Gasteiger partial charge in [0.1, 0.15) is 11.8 Å². The lowest BCUT2D eigenvalue weighted by molar-refractivity contribution is -0.139. The molecule has 1 aromatic rings. The van der Waals surface area contributed by atoms with E-state index in [1.807, 2.05) is 6.92 Å². The largest absolute Gasteiger partial charge is 0.480 e. The number of carbonyl (C=O) groups is 2. The van der Waals surface area contributed by atoms with Crippen molar-refractivity contribution in [3.8, 4) is 0 Å². The summed E-state index contributed by atoms with van der Waals surface area (Å²) in [6, 6.07) is 0.610. The van der Waals surface area contributed by atoms with Crippen molar-refractivity contribution in [1.82, 2.24) is 10.5 Å². The first-order chi connectivity index (χ1) is 7.58. The van der Waals surface area contributed by atoms with Crippen LogP contribution < -0.4 is 5.32 Å². The highest BCUT2D eigenvalue weighted by Crippen LogP contribution is 2.04. The first-order valence-corrected chi connectivity index (χ1v) is 5.07. The molecule has 0 aliphatic heterocycles. The average molecular weight is 226 g/mol. The zero-order chi connectivity index (χ0) is 12.1. The molecule has 1 heterocycles. The Hall–Kier alpha value is -1.85. The molecular weight excluding hydrogens is 212 g/mol. The quantitative estimate of drug-likeness (QED) is 0.775. The fraction of sp³-hybridized carbons (Fsp3) is 0.500. The fourth-order valence-corrected chi connectivity index (χ4v) is 1.16. The summed E-state index contributed by atoms with van der Waals surface area (Å²) >= 11 is 0. The summed E-state index contributed by atoms with van der Waals surface area (Å²) in [5.41, 5.74) is 0.108. The van der Waals surface area contributed by atoms with Gasteiger partial charge in [-0.15, -0.1) is 0 Å². The van der Waals surface area contributed by atoms with E-state index < -0.39 is 17.9 Å². The Morgan fingerprint density at radius 3 is 2.69 bits per heavy atom.